The van der Waals surface area contributed by atoms with Crippen LogP contribution in [0.3, 0.4) is 0 Å². The second kappa shape index (κ2) is 5.36. The second-order valence-corrected chi connectivity index (χ2v) is 5.26. The van der Waals surface area contributed by atoms with Crippen molar-refractivity contribution in [2.45, 2.75) is 38.6 Å². The molecule has 2 heterocycles. The van der Waals surface area contributed by atoms with Gasteiger partial charge in [0, 0.05) is 19.1 Å². The van der Waals surface area contributed by atoms with Gasteiger partial charge in [0.15, 0.2) is 0 Å². The lowest BCUT2D eigenvalue weighted by Crippen LogP contribution is -2.60. The van der Waals surface area contributed by atoms with Crippen LogP contribution in [0.2, 0.25) is 0 Å². The molecule has 17 heavy (non-hydrogen) atoms. The molecule has 0 aromatic rings. The van der Waals surface area contributed by atoms with Crippen molar-refractivity contribution in [2.75, 3.05) is 33.0 Å². The molecule has 1 amide bonds. The Labute approximate surface area is 103 Å². The summed E-state index contributed by atoms with van der Waals surface area (Å²) in [4.78, 5) is 14.5. The topological polar surface area (TPSA) is 38.8 Å². The largest absolute Gasteiger partial charge is 0.379 e. The summed E-state index contributed by atoms with van der Waals surface area (Å²) >= 11 is 0. The van der Waals surface area contributed by atoms with Gasteiger partial charge < -0.3 is 14.4 Å². The molecule has 0 aromatic heterocycles. The number of ether oxygens (including phenoxy) is 2. The van der Waals surface area contributed by atoms with Crippen molar-refractivity contribution in [3.63, 3.8) is 0 Å². The maximum atomic E-state index is 12.5. The third kappa shape index (κ3) is 2.47. The van der Waals surface area contributed by atoms with E-state index in [0.717, 1.165) is 32.4 Å². The van der Waals surface area contributed by atoms with E-state index in [1.54, 1.807) is 0 Å². The lowest BCUT2D eigenvalue weighted by Gasteiger charge is -2.44. The zero-order chi connectivity index (χ0) is 12.3. The first-order valence-electron chi connectivity index (χ1n) is 6.66. The Bertz CT molecular complexity index is 274. The third-order valence-electron chi connectivity index (χ3n) is 3.89. The van der Waals surface area contributed by atoms with Gasteiger partial charge in [-0.15, -0.1) is 0 Å². The minimum Gasteiger partial charge on any atom is -0.379 e. The fourth-order valence-corrected chi connectivity index (χ4v) is 2.82. The number of hydrogen-bond donors (Lipinski definition) is 0. The third-order valence-corrected chi connectivity index (χ3v) is 3.89. The Morgan fingerprint density at radius 3 is 2.71 bits per heavy atom. The minimum absolute atomic E-state index is 0.121. The molecule has 2 atom stereocenters. The molecule has 0 aliphatic carbocycles. The monoisotopic (exact) mass is 241 g/mol. The van der Waals surface area contributed by atoms with Gasteiger partial charge in [0.1, 0.15) is 0 Å². The SMILES string of the molecule is CCC[C@H](C)C(=O)N1CCOC[C@@]12CCOC2. The first-order valence-corrected chi connectivity index (χ1v) is 6.66. The number of rotatable bonds is 3. The van der Waals surface area contributed by atoms with Gasteiger partial charge in [-0.25, -0.2) is 0 Å². The van der Waals surface area contributed by atoms with E-state index in [-0.39, 0.29) is 17.4 Å². The van der Waals surface area contributed by atoms with E-state index in [2.05, 4.69) is 6.92 Å². The highest BCUT2D eigenvalue weighted by Gasteiger charge is 2.46. The average Bonchev–Trinajstić information content (AvgIpc) is 2.78. The lowest BCUT2D eigenvalue weighted by molar-refractivity contribution is -0.153. The standard InChI is InChI=1S/C13H23NO3/c1-3-4-11(2)12(15)14-6-8-17-10-13(14)5-7-16-9-13/h11H,3-10H2,1-2H3/t11-,13-/m0/s1. The molecule has 0 N–H and O–H groups in total. The first kappa shape index (κ1) is 12.8. The number of hydrogen-bond acceptors (Lipinski definition) is 3. The zero-order valence-electron chi connectivity index (χ0n) is 10.9. The molecule has 4 heteroatoms. The summed E-state index contributed by atoms with van der Waals surface area (Å²) in [5, 5.41) is 0. The van der Waals surface area contributed by atoms with Crippen LogP contribution in [0.4, 0.5) is 0 Å². The van der Waals surface area contributed by atoms with Crippen molar-refractivity contribution < 1.29 is 14.3 Å². The molecular formula is C13H23NO3. The average molecular weight is 241 g/mol. The van der Waals surface area contributed by atoms with Gasteiger partial charge in [0.2, 0.25) is 5.91 Å². The number of carbonyl (C=O) groups is 1. The van der Waals surface area contributed by atoms with Crippen LogP contribution in [0.15, 0.2) is 0 Å². The highest BCUT2D eigenvalue weighted by molar-refractivity contribution is 5.79. The molecule has 0 radical (unpaired) electrons. The maximum absolute atomic E-state index is 12.5. The molecule has 4 nitrogen and oxygen atoms in total. The molecule has 2 fully saturated rings. The zero-order valence-corrected chi connectivity index (χ0v) is 10.9. The Hall–Kier alpha value is -0.610. The highest BCUT2D eigenvalue weighted by atomic mass is 16.5. The predicted octanol–water partition coefficient (Wildman–Crippen LogP) is 1.44. The molecule has 0 unspecified atom stereocenters. The number of amides is 1. The molecule has 1 spiro atoms. The fraction of sp³-hybridized carbons (Fsp3) is 0.923. The normalized spacial score (nSPS) is 30.8. The molecule has 98 valence electrons. The van der Waals surface area contributed by atoms with E-state index < -0.39 is 0 Å². The van der Waals surface area contributed by atoms with Crippen LogP contribution in [0.1, 0.15) is 33.1 Å². The van der Waals surface area contributed by atoms with Crippen molar-refractivity contribution in [2.24, 2.45) is 5.92 Å². The van der Waals surface area contributed by atoms with Gasteiger partial charge in [-0.2, -0.15) is 0 Å². The quantitative estimate of drug-likeness (QED) is 0.750. The Morgan fingerprint density at radius 2 is 2.06 bits per heavy atom. The minimum atomic E-state index is -0.169. The molecule has 2 aliphatic heterocycles. The van der Waals surface area contributed by atoms with Crippen molar-refractivity contribution in [3.05, 3.63) is 0 Å². The van der Waals surface area contributed by atoms with E-state index in [1.165, 1.54) is 0 Å². The number of nitrogens with zero attached hydrogens (tertiary/aromatic N) is 1. The van der Waals surface area contributed by atoms with Gasteiger partial charge in [-0.1, -0.05) is 20.3 Å². The Morgan fingerprint density at radius 1 is 1.35 bits per heavy atom. The molecular weight excluding hydrogens is 218 g/mol. The Balaban J connectivity index is 2.08. The van der Waals surface area contributed by atoms with Crippen LogP contribution in [0.25, 0.3) is 0 Å². The summed E-state index contributed by atoms with van der Waals surface area (Å²) in [6, 6.07) is 0. The van der Waals surface area contributed by atoms with Gasteiger partial charge in [-0.05, 0) is 12.8 Å². The van der Waals surface area contributed by atoms with Gasteiger partial charge >= 0.3 is 0 Å². The van der Waals surface area contributed by atoms with Gasteiger partial charge in [0.05, 0.1) is 25.4 Å². The summed E-state index contributed by atoms with van der Waals surface area (Å²) in [7, 11) is 0. The van der Waals surface area contributed by atoms with Crippen molar-refractivity contribution in [3.8, 4) is 0 Å². The molecule has 2 saturated heterocycles. The summed E-state index contributed by atoms with van der Waals surface area (Å²) < 4.78 is 11.0. The Kier molecular flexibility index (Phi) is 4.05. The summed E-state index contributed by atoms with van der Waals surface area (Å²) in [6.45, 7) is 7.55. The molecule has 0 bridgehead atoms. The van der Waals surface area contributed by atoms with Crippen LogP contribution in [-0.4, -0.2) is 49.3 Å². The van der Waals surface area contributed by atoms with E-state index >= 15 is 0 Å². The lowest BCUT2D eigenvalue weighted by atomic mass is 9.93. The van der Waals surface area contributed by atoms with Crippen LogP contribution in [-0.2, 0) is 14.3 Å². The van der Waals surface area contributed by atoms with Crippen LogP contribution in [0.5, 0.6) is 0 Å². The second-order valence-electron chi connectivity index (χ2n) is 5.26. The van der Waals surface area contributed by atoms with Crippen LogP contribution < -0.4 is 0 Å². The maximum Gasteiger partial charge on any atom is 0.226 e. The summed E-state index contributed by atoms with van der Waals surface area (Å²) in [6.07, 6.45) is 2.94. The highest BCUT2D eigenvalue weighted by Crippen LogP contribution is 2.31. The summed E-state index contributed by atoms with van der Waals surface area (Å²) in [5.41, 5.74) is -0.169. The fourth-order valence-electron chi connectivity index (χ4n) is 2.82. The number of morpholine rings is 1. The van der Waals surface area contributed by atoms with Crippen molar-refractivity contribution in [1.29, 1.82) is 0 Å². The van der Waals surface area contributed by atoms with Crippen molar-refractivity contribution >= 4 is 5.91 Å². The smallest absolute Gasteiger partial charge is 0.226 e. The van der Waals surface area contributed by atoms with E-state index in [0.29, 0.717) is 19.8 Å². The number of carbonyl (C=O) groups excluding carboxylic acids is 1. The molecule has 2 rings (SSSR count). The van der Waals surface area contributed by atoms with Crippen LogP contribution >= 0.6 is 0 Å². The van der Waals surface area contributed by atoms with Gasteiger partial charge in [-0.3, -0.25) is 4.79 Å². The van der Waals surface area contributed by atoms with Crippen molar-refractivity contribution in [1.82, 2.24) is 4.90 Å². The van der Waals surface area contributed by atoms with E-state index in [9.17, 15) is 4.79 Å². The molecule has 2 aliphatic rings. The van der Waals surface area contributed by atoms with Gasteiger partial charge in [0.25, 0.3) is 0 Å². The molecule has 0 saturated carbocycles. The van der Waals surface area contributed by atoms with E-state index in [1.807, 2.05) is 11.8 Å². The summed E-state index contributed by atoms with van der Waals surface area (Å²) in [5.74, 6) is 0.399. The van der Waals surface area contributed by atoms with E-state index in [4.69, 9.17) is 9.47 Å². The molecule has 0 aromatic carbocycles. The van der Waals surface area contributed by atoms with Crippen LogP contribution in [0, 0.1) is 5.92 Å². The predicted molar refractivity (Wildman–Crippen MR) is 64.8 cm³/mol. The first-order chi connectivity index (χ1) is 8.19.